The Morgan fingerprint density at radius 3 is 2.80 bits per heavy atom. The largest absolute Gasteiger partial charge is 0.370 e. The lowest BCUT2D eigenvalue weighted by Crippen LogP contribution is -2.42. The van der Waals surface area contributed by atoms with Crippen molar-refractivity contribution in [2.45, 2.75) is 82.5 Å². The number of nitrogens with one attached hydrogen (secondary N) is 1. The molecule has 2 aliphatic heterocycles. The molecular formula is C17H32N2O. The van der Waals surface area contributed by atoms with Gasteiger partial charge in [0.1, 0.15) is 0 Å². The van der Waals surface area contributed by atoms with Crippen LogP contribution in [0.15, 0.2) is 0 Å². The maximum Gasteiger partial charge on any atom is 0.0710 e. The molecule has 2 heterocycles. The molecular weight excluding hydrogens is 248 g/mol. The minimum atomic E-state index is 0.306. The first-order valence-corrected chi connectivity index (χ1v) is 8.94. The van der Waals surface area contributed by atoms with Gasteiger partial charge in [0.25, 0.3) is 0 Å². The molecule has 3 nitrogen and oxygen atoms in total. The summed E-state index contributed by atoms with van der Waals surface area (Å²) in [6, 6.07) is 0.755. The normalized spacial score (nSPS) is 33.5. The van der Waals surface area contributed by atoms with Crippen LogP contribution in [0, 0.1) is 0 Å². The number of rotatable bonds is 6. The SMILES string of the molecule is CCCNCC1CCCN1CC1CCC2(CCCC2)O1. The van der Waals surface area contributed by atoms with Gasteiger partial charge < -0.3 is 10.1 Å². The van der Waals surface area contributed by atoms with Crippen LogP contribution in [0.1, 0.15) is 64.7 Å². The van der Waals surface area contributed by atoms with Gasteiger partial charge in [0.2, 0.25) is 0 Å². The monoisotopic (exact) mass is 280 g/mol. The first kappa shape index (κ1) is 14.8. The molecule has 0 bridgehead atoms. The average Bonchev–Trinajstić information content (AvgIpc) is 3.16. The van der Waals surface area contributed by atoms with Crippen molar-refractivity contribution in [2.24, 2.45) is 0 Å². The molecule has 3 aliphatic rings. The van der Waals surface area contributed by atoms with Crippen LogP contribution in [-0.4, -0.2) is 48.8 Å². The van der Waals surface area contributed by atoms with Crippen LogP contribution in [0.25, 0.3) is 0 Å². The first-order chi connectivity index (χ1) is 9.81. The molecule has 3 rings (SSSR count). The van der Waals surface area contributed by atoms with Gasteiger partial charge in [-0.2, -0.15) is 0 Å². The van der Waals surface area contributed by atoms with E-state index in [9.17, 15) is 0 Å². The van der Waals surface area contributed by atoms with Gasteiger partial charge in [0.15, 0.2) is 0 Å². The fraction of sp³-hybridized carbons (Fsp3) is 1.00. The summed E-state index contributed by atoms with van der Waals surface area (Å²) in [6.45, 7) is 7.04. The Hall–Kier alpha value is -0.120. The van der Waals surface area contributed by atoms with Crippen LogP contribution >= 0.6 is 0 Å². The van der Waals surface area contributed by atoms with Crippen molar-refractivity contribution in [1.29, 1.82) is 0 Å². The first-order valence-electron chi connectivity index (χ1n) is 8.94. The van der Waals surface area contributed by atoms with E-state index in [4.69, 9.17) is 4.74 Å². The summed E-state index contributed by atoms with van der Waals surface area (Å²) in [5, 5.41) is 3.60. The van der Waals surface area contributed by atoms with E-state index in [1.165, 1.54) is 77.4 Å². The molecule has 3 heteroatoms. The average molecular weight is 280 g/mol. The molecule has 3 fully saturated rings. The van der Waals surface area contributed by atoms with Crippen molar-refractivity contribution in [3.05, 3.63) is 0 Å². The Bertz CT molecular complexity index is 301. The van der Waals surface area contributed by atoms with Gasteiger partial charge in [-0.1, -0.05) is 19.8 Å². The second kappa shape index (κ2) is 6.76. The summed E-state index contributed by atoms with van der Waals surface area (Å²) in [7, 11) is 0. The maximum absolute atomic E-state index is 6.48. The van der Waals surface area contributed by atoms with Crippen molar-refractivity contribution in [3.8, 4) is 0 Å². The molecule has 1 spiro atoms. The van der Waals surface area contributed by atoms with Crippen LogP contribution in [0.3, 0.4) is 0 Å². The topological polar surface area (TPSA) is 24.5 Å². The van der Waals surface area contributed by atoms with E-state index in [0.717, 1.165) is 12.6 Å². The van der Waals surface area contributed by atoms with E-state index in [-0.39, 0.29) is 0 Å². The van der Waals surface area contributed by atoms with Gasteiger partial charge in [-0.15, -0.1) is 0 Å². The quantitative estimate of drug-likeness (QED) is 0.757. The highest BCUT2D eigenvalue weighted by atomic mass is 16.5. The Morgan fingerprint density at radius 1 is 1.15 bits per heavy atom. The lowest BCUT2D eigenvalue weighted by molar-refractivity contribution is -0.0483. The molecule has 2 unspecified atom stereocenters. The Balaban J connectivity index is 1.45. The van der Waals surface area contributed by atoms with Gasteiger partial charge in [-0.3, -0.25) is 4.90 Å². The third-order valence-corrected chi connectivity index (χ3v) is 5.60. The van der Waals surface area contributed by atoms with Crippen molar-refractivity contribution < 1.29 is 4.74 Å². The smallest absolute Gasteiger partial charge is 0.0710 e. The number of nitrogens with zero attached hydrogens (tertiary/aromatic N) is 1. The lowest BCUT2D eigenvalue weighted by Gasteiger charge is -2.29. The summed E-state index contributed by atoms with van der Waals surface area (Å²) >= 11 is 0. The molecule has 0 aromatic rings. The minimum Gasteiger partial charge on any atom is -0.370 e. The fourth-order valence-corrected chi connectivity index (χ4v) is 4.48. The number of hydrogen-bond acceptors (Lipinski definition) is 3. The maximum atomic E-state index is 6.48. The molecule has 1 N–H and O–H groups in total. The molecule has 1 saturated carbocycles. The van der Waals surface area contributed by atoms with Crippen LogP contribution in [0.2, 0.25) is 0 Å². The third-order valence-electron chi connectivity index (χ3n) is 5.60. The number of ether oxygens (including phenoxy) is 1. The zero-order chi connectivity index (χ0) is 13.8. The van der Waals surface area contributed by atoms with E-state index in [1.54, 1.807) is 0 Å². The standard InChI is InChI=1S/C17H32N2O/c1-2-11-18-13-15-6-5-12-19(15)14-16-7-10-17(20-16)8-3-4-9-17/h15-16,18H,2-14H2,1H3. The van der Waals surface area contributed by atoms with Crippen LogP contribution in [-0.2, 0) is 4.74 Å². The van der Waals surface area contributed by atoms with Crippen LogP contribution in [0.5, 0.6) is 0 Å². The molecule has 0 radical (unpaired) electrons. The van der Waals surface area contributed by atoms with Crippen molar-refractivity contribution in [3.63, 3.8) is 0 Å². The highest BCUT2D eigenvalue weighted by Crippen LogP contribution is 2.43. The number of hydrogen-bond donors (Lipinski definition) is 1. The Labute approximate surface area is 124 Å². The molecule has 2 atom stereocenters. The summed E-state index contributed by atoms with van der Waals surface area (Å²) in [6.07, 6.45) is 12.5. The van der Waals surface area contributed by atoms with Gasteiger partial charge in [0, 0.05) is 19.1 Å². The molecule has 0 aromatic heterocycles. The Kier molecular flexibility index (Phi) is 5.00. The van der Waals surface area contributed by atoms with Crippen molar-refractivity contribution in [1.82, 2.24) is 10.2 Å². The van der Waals surface area contributed by atoms with E-state index in [1.807, 2.05) is 0 Å². The molecule has 116 valence electrons. The predicted octanol–water partition coefficient (Wildman–Crippen LogP) is 2.94. The van der Waals surface area contributed by atoms with Gasteiger partial charge in [-0.25, -0.2) is 0 Å². The predicted molar refractivity (Wildman–Crippen MR) is 83.1 cm³/mol. The lowest BCUT2D eigenvalue weighted by atomic mass is 9.98. The van der Waals surface area contributed by atoms with E-state index < -0.39 is 0 Å². The van der Waals surface area contributed by atoms with Crippen LogP contribution in [0.4, 0.5) is 0 Å². The Morgan fingerprint density at radius 2 is 2.00 bits per heavy atom. The summed E-state index contributed by atoms with van der Waals surface area (Å²) < 4.78 is 6.48. The van der Waals surface area contributed by atoms with Gasteiger partial charge in [0.05, 0.1) is 11.7 Å². The van der Waals surface area contributed by atoms with Crippen molar-refractivity contribution in [2.75, 3.05) is 26.2 Å². The van der Waals surface area contributed by atoms with Gasteiger partial charge >= 0.3 is 0 Å². The highest BCUT2D eigenvalue weighted by molar-refractivity contribution is 4.94. The van der Waals surface area contributed by atoms with E-state index >= 15 is 0 Å². The third kappa shape index (κ3) is 3.37. The second-order valence-corrected chi connectivity index (χ2v) is 7.16. The second-order valence-electron chi connectivity index (χ2n) is 7.16. The fourth-order valence-electron chi connectivity index (χ4n) is 4.48. The summed E-state index contributed by atoms with van der Waals surface area (Å²) in [4.78, 5) is 2.70. The molecule has 1 aliphatic carbocycles. The van der Waals surface area contributed by atoms with Crippen LogP contribution < -0.4 is 5.32 Å². The van der Waals surface area contributed by atoms with Gasteiger partial charge in [-0.05, 0) is 58.0 Å². The van der Waals surface area contributed by atoms with E-state index in [2.05, 4.69) is 17.1 Å². The van der Waals surface area contributed by atoms with E-state index in [0.29, 0.717) is 11.7 Å². The molecule has 0 amide bonds. The number of likely N-dealkylation sites (tertiary alicyclic amines) is 1. The summed E-state index contributed by atoms with van der Waals surface area (Å²) in [5.74, 6) is 0. The highest BCUT2D eigenvalue weighted by Gasteiger charge is 2.43. The zero-order valence-corrected chi connectivity index (χ0v) is 13.2. The molecule has 2 saturated heterocycles. The molecule has 20 heavy (non-hydrogen) atoms. The molecule has 0 aromatic carbocycles. The zero-order valence-electron chi connectivity index (χ0n) is 13.2. The minimum absolute atomic E-state index is 0.306. The summed E-state index contributed by atoms with van der Waals surface area (Å²) in [5.41, 5.74) is 0.306. The van der Waals surface area contributed by atoms with Crippen molar-refractivity contribution >= 4 is 0 Å².